The normalized spacial score (nSPS) is 20.3. The summed E-state index contributed by atoms with van der Waals surface area (Å²) in [6.07, 6.45) is 2.63. The van der Waals surface area contributed by atoms with Crippen LogP contribution in [0.4, 0.5) is 0 Å². The molecule has 64 heavy (non-hydrogen) atoms. The van der Waals surface area contributed by atoms with Gasteiger partial charge in [0.1, 0.15) is 11.1 Å². The minimum atomic E-state index is -1.94. The number of nitrogens with two attached hydrogens (primary N) is 2. The molecule has 2 aliphatic carbocycles. The number of aliphatic carboxylic acids is 2. The Morgan fingerprint density at radius 2 is 1.02 bits per heavy atom. The van der Waals surface area contributed by atoms with E-state index in [0.717, 1.165) is 33.4 Å². The van der Waals surface area contributed by atoms with Crippen molar-refractivity contribution >= 4 is 75.8 Å². The second-order valence-electron chi connectivity index (χ2n) is 17.2. The fourth-order valence-electron chi connectivity index (χ4n) is 9.43. The second kappa shape index (κ2) is 26.2. The molecular formula is C46H64B2Cl4N4O8. The molecule has 0 bridgehead atoms. The van der Waals surface area contributed by atoms with Gasteiger partial charge in [-0.1, -0.05) is 128 Å². The average Bonchev–Trinajstić information content (AvgIpc) is 3.21. The van der Waals surface area contributed by atoms with Crippen molar-refractivity contribution in [3.8, 4) is 22.3 Å². The highest BCUT2D eigenvalue weighted by atomic mass is 35.5. The SMILES string of the molecule is Cl.Cl.Cl.Cl.NC(CCCC(B(O)O)C(CCCB(O)O)C(N)(C(=O)O)[C@H]1C[C@@H](NCc2ccc(-c3ccccc3)cc2)C1)(C(=O)O)C1CC(NCc2ccc(-c3ccccc3)cc2)C1. The molecule has 4 atom stereocenters. The Morgan fingerprint density at radius 3 is 1.41 bits per heavy atom. The summed E-state index contributed by atoms with van der Waals surface area (Å²) in [5, 5.41) is 68.8. The first kappa shape index (κ1) is 56.9. The predicted molar refractivity (Wildman–Crippen MR) is 264 cm³/mol. The highest BCUT2D eigenvalue weighted by Crippen LogP contribution is 2.48. The number of carboxylic acid groups (broad SMARTS) is 2. The summed E-state index contributed by atoms with van der Waals surface area (Å²) in [4.78, 5) is 25.8. The van der Waals surface area contributed by atoms with Gasteiger partial charge in [0.15, 0.2) is 0 Å². The molecule has 350 valence electrons. The molecule has 0 aromatic heterocycles. The molecular weight excluding hydrogens is 900 g/mol. The van der Waals surface area contributed by atoms with Gasteiger partial charge in [0.25, 0.3) is 0 Å². The number of carbonyl (C=O) groups is 2. The molecule has 2 fully saturated rings. The zero-order valence-corrected chi connectivity index (χ0v) is 39.0. The number of benzene rings is 4. The topological polar surface area (TPSA) is 232 Å². The van der Waals surface area contributed by atoms with Crippen LogP contribution in [0.2, 0.25) is 12.1 Å². The molecule has 2 aliphatic rings. The van der Waals surface area contributed by atoms with E-state index < -0.39 is 54.9 Å². The molecule has 4 aromatic rings. The Labute approximate surface area is 402 Å². The van der Waals surface area contributed by atoms with Crippen molar-refractivity contribution in [2.75, 3.05) is 0 Å². The van der Waals surface area contributed by atoms with Crippen LogP contribution in [0.5, 0.6) is 0 Å². The third-order valence-corrected chi connectivity index (χ3v) is 13.4. The summed E-state index contributed by atoms with van der Waals surface area (Å²) in [6, 6.07) is 36.9. The van der Waals surface area contributed by atoms with Gasteiger partial charge in [-0.25, -0.2) is 0 Å². The molecule has 4 unspecified atom stereocenters. The summed E-state index contributed by atoms with van der Waals surface area (Å²) in [5.74, 6) is -5.17. The van der Waals surface area contributed by atoms with E-state index >= 15 is 0 Å². The van der Waals surface area contributed by atoms with Gasteiger partial charge >= 0.3 is 26.2 Å². The lowest BCUT2D eigenvalue weighted by Crippen LogP contribution is -2.66. The van der Waals surface area contributed by atoms with Gasteiger partial charge in [-0.3, -0.25) is 9.59 Å². The average molecular weight is 964 g/mol. The number of carboxylic acids is 2. The van der Waals surface area contributed by atoms with E-state index in [4.69, 9.17) is 11.5 Å². The van der Waals surface area contributed by atoms with Crippen LogP contribution in [0.15, 0.2) is 109 Å². The Kier molecular flexibility index (Phi) is 23.3. The standard InChI is InChI=1S/C46H60B2N4O8.4ClH/c49-45(43(53)54,37-25-39(26-37)51-29-31-15-19-35(20-16-31)33-9-3-1-4-10-33)23-7-14-42(48(59)60)41(13-8-24-47(57)58)46(50,44(55)56)38-27-40(28-38)52-30-32-17-21-36(22-18-32)34-11-5-2-6-12-34;;;;/h1-6,9-12,15-22,37-42,51-52,57-60H,7-8,13-14,23-30,49-50H2,(H,53,54)(H,55,56);4*1H/t37?,38-,39?,40+,41?,42?,45?,46?;;;;. The van der Waals surface area contributed by atoms with Crippen molar-refractivity contribution in [2.45, 2.75) is 106 Å². The number of hydrogen-bond acceptors (Lipinski definition) is 10. The van der Waals surface area contributed by atoms with Gasteiger partial charge in [0.2, 0.25) is 0 Å². The van der Waals surface area contributed by atoms with Crippen molar-refractivity contribution in [1.29, 1.82) is 0 Å². The van der Waals surface area contributed by atoms with Crippen LogP contribution in [-0.2, 0) is 22.7 Å². The van der Waals surface area contributed by atoms with Crippen molar-refractivity contribution in [1.82, 2.24) is 10.6 Å². The fourth-order valence-corrected chi connectivity index (χ4v) is 9.43. The lowest BCUT2D eigenvalue weighted by atomic mass is 9.51. The van der Waals surface area contributed by atoms with Gasteiger partial charge in [0.05, 0.1) is 0 Å². The van der Waals surface area contributed by atoms with Crippen LogP contribution in [0.3, 0.4) is 0 Å². The van der Waals surface area contributed by atoms with E-state index in [1.54, 1.807) is 0 Å². The van der Waals surface area contributed by atoms with Crippen molar-refractivity contribution in [3.05, 3.63) is 120 Å². The summed E-state index contributed by atoms with van der Waals surface area (Å²) < 4.78 is 0. The molecule has 2 saturated carbocycles. The van der Waals surface area contributed by atoms with E-state index in [9.17, 15) is 39.9 Å². The fraction of sp³-hybridized carbons (Fsp3) is 0.435. The summed E-state index contributed by atoms with van der Waals surface area (Å²) in [5.41, 5.74) is 16.8. The molecule has 12 N–H and O–H groups in total. The number of rotatable bonds is 23. The van der Waals surface area contributed by atoms with Crippen LogP contribution >= 0.6 is 49.6 Å². The first-order valence-electron chi connectivity index (χ1n) is 21.3. The van der Waals surface area contributed by atoms with Gasteiger partial charge in [-0.05, 0) is 102 Å². The monoisotopic (exact) mass is 962 g/mol. The lowest BCUT2D eigenvalue weighted by molar-refractivity contribution is -0.151. The second-order valence-corrected chi connectivity index (χ2v) is 17.2. The Morgan fingerprint density at radius 1 is 0.594 bits per heavy atom. The molecule has 4 aromatic carbocycles. The van der Waals surface area contributed by atoms with E-state index in [-0.39, 0.29) is 106 Å². The van der Waals surface area contributed by atoms with E-state index in [1.165, 1.54) is 0 Å². The highest BCUT2D eigenvalue weighted by molar-refractivity contribution is 6.43. The largest absolute Gasteiger partial charge is 0.480 e. The van der Waals surface area contributed by atoms with Crippen molar-refractivity contribution in [2.24, 2.45) is 29.2 Å². The minimum absolute atomic E-state index is 0. The molecule has 18 heteroatoms. The molecule has 6 rings (SSSR count). The maximum atomic E-state index is 13.2. The quantitative estimate of drug-likeness (QED) is 0.0355. The highest BCUT2D eigenvalue weighted by Gasteiger charge is 2.56. The third-order valence-electron chi connectivity index (χ3n) is 13.4. The maximum Gasteiger partial charge on any atom is 0.455 e. The number of nitrogens with one attached hydrogen (secondary N) is 2. The third kappa shape index (κ3) is 14.2. The molecule has 0 saturated heterocycles. The number of halogens is 4. The van der Waals surface area contributed by atoms with Gasteiger partial charge < -0.3 is 52.4 Å². The molecule has 0 amide bonds. The minimum Gasteiger partial charge on any atom is -0.480 e. The predicted octanol–water partition coefficient (Wildman–Crippen LogP) is 6.59. The molecule has 12 nitrogen and oxygen atoms in total. The van der Waals surface area contributed by atoms with Crippen molar-refractivity contribution < 1.29 is 39.9 Å². The Bertz CT molecular complexity index is 1990. The summed E-state index contributed by atoms with van der Waals surface area (Å²) >= 11 is 0. The first-order chi connectivity index (χ1) is 28.8. The Balaban J connectivity index is 0.00000352. The molecule has 0 heterocycles. The van der Waals surface area contributed by atoms with Crippen LogP contribution in [-0.4, -0.2) is 79.6 Å². The van der Waals surface area contributed by atoms with Crippen molar-refractivity contribution in [3.63, 3.8) is 0 Å². The molecule has 0 aliphatic heterocycles. The van der Waals surface area contributed by atoms with E-state index in [1.807, 2.05) is 36.4 Å². The Hall–Kier alpha value is -3.21. The zero-order chi connectivity index (χ0) is 42.9. The van der Waals surface area contributed by atoms with Gasteiger partial charge in [-0.15, -0.1) is 49.6 Å². The van der Waals surface area contributed by atoms with E-state index in [0.29, 0.717) is 38.8 Å². The van der Waals surface area contributed by atoms with Crippen LogP contribution in [0.25, 0.3) is 22.3 Å². The molecule has 0 spiro atoms. The summed E-state index contributed by atoms with van der Waals surface area (Å²) in [6.45, 7) is 1.21. The maximum absolute atomic E-state index is 13.2. The first-order valence-corrected chi connectivity index (χ1v) is 21.3. The summed E-state index contributed by atoms with van der Waals surface area (Å²) in [7, 11) is -3.56. The zero-order valence-electron chi connectivity index (χ0n) is 35.8. The molecule has 0 radical (unpaired) electrons. The van der Waals surface area contributed by atoms with Gasteiger partial charge in [0, 0.05) is 25.2 Å². The smallest absolute Gasteiger partial charge is 0.455 e. The van der Waals surface area contributed by atoms with Gasteiger partial charge in [-0.2, -0.15) is 0 Å². The van der Waals surface area contributed by atoms with Crippen LogP contribution < -0.4 is 22.1 Å². The van der Waals surface area contributed by atoms with E-state index in [2.05, 4.69) is 83.4 Å². The van der Waals surface area contributed by atoms with Crippen LogP contribution in [0.1, 0.15) is 68.9 Å². The lowest BCUT2D eigenvalue weighted by Gasteiger charge is -2.50. The number of hydrogen-bond donors (Lipinski definition) is 10. The van der Waals surface area contributed by atoms with Crippen LogP contribution in [0, 0.1) is 17.8 Å².